The highest BCUT2D eigenvalue weighted by molar-refractivity contribution is 7.89. The normalized spacial score (nSPS) is 15.7. The van der Waals surface area contributed by atoms with Crippen LogP contribution in [0.1, 0.15) is 89.2 Å². The van der Waals surface area contributed by atoms with Gasteiger partial charge in [-0.3, -0.25) is 9.59 Å². The lowest BCUT2D eigenvalue weighted by atomic mass is 9.89. The van der Waals surface area contributed by atoms with Crippen molar-refractivity contribution in [3.63, 3.8) is 0 Å². The van der Waals surface area contributed by atoms with E-state index in [0.29, 0.717) is 17.9 Å². The van der Waals surface area contributed by atoms with Gasteiger partial charge in [0.05, 0.1) is 27.9 Å². The Labute approximate surface area is 247 Å². The molecule has 41 heavy (non-hydrogen) atoms. The fraction of sp³-hybridized carbons (Fsp3) is 0.515. The number of fused-ring (bicyclic) bond motifs is 1. The third kappa shape index (κ3) is 7.34. The minimum atomic E-state index is -1.39. The molecule has 1 fully saturated rings. The summed E-state index contributed by atoms with van der Waals surface area (Å²) >= 11 is -1.39. The Morgan fingerprint density at radius 1 is 1.02 bits per heavy atom. The lowest BCUT2D eigenvalue weighted by Gasteiger charge is -2.25. The SMILES string of the molecule is Cc1c(C(=O)NCCC(C)(C)C(=O)O)cc(-c2ccc([S+]([O-])NC(C)(C)C)c3ccccc23)n1CC1CCCCC1. The fourth-order valence-electron chi connectivity index (χ4n) is 5.64. The van der Waals surface area contributed by atoms with Gasteiger partial charge in [0, 0.05) is 35.4 Å². The number of carbonyl (C=O) groups excluding carboxylic acids is 1. The highest BCUT2D eigenvalue weighted by Crippen LogP contribution is 2.37. The monoisotopic (exact) mass is 579 g/mol. The van der Waals surface area contributed by atoms with Crippen molar-refractivity contribution in [2.45, 2.75) is 97.0 Å². The maximum atomic E-state index is 13.4. The summed E-state index contributed by atoms with van der Waals surface area (Å²) in [7, 11) is 0. The molecule has 3 aromatic rings. The zero-order valence-corrected chi connectivity index (χ0v) is 26.1. The van der Waals surface area contributed by atoms with E-state index in [1.807, 2.05) is 64.1 Å². The van der Waals surface area contributed by atoms with E-state index in [0.717, 1.165) is 39.2 Å². The molecule has 1 atom stereocenters. The van der Waals surface area contributed by atoms with Gasteiger partial charge in [0.2, 0.25) is 0 Å². The third-order valence-electron chi connectivity index (χ3n) is 8.15. The first kappa shape index (κ1) is 31.1. The van der Waals surface area contributed by atoms with Crippen molar-refractivity contribution in [1.82, 2.24) is 14.6 Å². The zero-order chi connectivity index (χ0) is 29.9. The summed E-state index contributed by atoms with van der Waals surface area (Å²) in [6.45, 7) is 12.5. The number of aromatic nitrogens is 1. The molecule has 4 rings (SSSR count). The predicted molar refractivity (Wildman–Crippen MR) is 166 cm³/mol. The van der Waals surface area contributed by atoms with Gasteiger partial charge in [0.1, 0.15) is 0 Å². The Morgan fingerprint density at radius 3 is 2.32 bits per heavy atom. The predicted octanol–water partition coefficient (Wildman–Crippen LogP) is 6.84. The molecule has 1 aliphatic rings. The second-order valence-electron chi connectivity index (χ2n) is 13.1. The van der Waals surface area contributed by atoms with Crippen LogP contribution in [0.5, 0.6) is 0 Å². The van der Waals surface area contributed by atoms with Crippen LogP contribution in [0.3, 0.4) is 0 Å². The Morgan fingerprint density at radius 2 is 1.68 bits per heavy atom. The number of rotatable bonds is 10. The average molecular weight is 580 g/mol. The Kier molecular flexibility index (Phi) is 9.56. The molecule has 1 amide bonds. The quantitative estimate of drug-likeness (QED) is 0.228. The third-order valence-corrected chi connectivity index (χ3v) is 9.70. The molecule has 0 radical (unpaired) electrons. The Hall–Kier alpha value is -2.81. The number of hydrogen-bond acceptors (Lipinski definition) is 4. The van der Waals surface area contributed by atoms with Gasteiger partial charge in [-0.15, -0.1) is 4.72 Å². The molecular weight excluding hydrogens is 534 g/mol. The molecule has 0 bridgehead atoms. The summed E-state index contributed by atoms with van der Waals surface area (Å²) in [5.41, 5.74) is 2.27. The summed E-state index contributed by atoms with van der Waals surface area (Å²) in [5, 5.41) is 14.3. The minimum absolute atomic E-state index is 0.191. The lowest BCUT2D eigenvalue weighted by molar-refractivity contribution is -0.147. The standard InChI is InChI=1S/C33H45N3O4S/c1-22-27(30(37)34-19-18-33(5,6)31(38)39)20-28(36(22)21-23-12-8-7-9-13-23)25-16-17-29(41(40)35-32(2,3)4)26-15-11-10-14-24(25)26/h10-11,14-17,20,23,35H,7-9,12-13,18-19,21H2,1-6H3,(H,34,37)(H,38,39). The van der Waals surface area contributed by atoms with E-state index in [9.17, 15) is 19.2 Å². The van der Waals surface area contributed by atoms with Crippen LogP contribution < -0.4 is 10.0 Å². The molecule has 1 aliphatic carbocycles. The fourth-order valence-corrected chi connectivity index (χ4v) is 6.88. The molecule has 3 N–H and O–H groups in total. The van der Waals surface area contributed by atoms with E-state index in [1.165, 1.54) is 32.1 Å². The van der Waals surface area contributed by atoms with Crippen molar-refractivity contribution in [3.8, 4) is 11.3 Å². The maximum Gasteiger partial charge on any atom is 0.309 e. The van der Waals surface area contributed by atoms with Crippen LogP contribution in [-0.4, -0.2) is 38.2 Å². The molecule has 1 heterocycles. The number of carboxylic acid groups (broad SMARTS) is 1. The molecular formula is C33H45N3O4S. The molecule has 1 unspecified atom stereocenters. The topological polar surface area (TPSA) is 106 Å². The molecule has 0 saturated heterocycles. The van der Waals surface area contributed by atoms with Gasteiger partial charge < -0.3 is 19.5 Å². The summed E-state index contributed by atoms with van der Waals surface area (Å²) in [6, 6.07) is 14.0. The number of nitrogens with one attached hydrogen (secondary N) is 2. The zero-order valence-electron chi connectivity index (χ0n) is 25.3. The van der Waals surface area contributed by atoms with Gasteiger partial charge in [-0.25, -0.2) is 0 Å². The lowest BCUT2D eigenvalue weighted by Crippen LogP contribution is -2.40. The van der Waals surface area contributed by atoms with Gasteiger partial charge in [-0.05, 0) is 96.4 Å². The van der Waals surface area contributed by atoms with Crippen molar-refractivity contribution in [1.29, 1.82) is 0 Å². The number of nitrogens with zero attached hydrogens (tertiary/aromatic N) is 1. The summed E-state index contributed by atoms with van der Waals surface area (Å²) < 4.78 is 18.8. The highest BCUT2D eigenvalue weighted by atomic mass is 32.2. The minimum Gasteiger partial charge on any atom is -0.593 e. The number of benzene rings is 2. The van der Waals surface area contributed by atoms with Crippen LogP contribution in [0.2, 0.25) is 0 Å². The molecule has 7 nitrogen and oxygen atoms in total. The van der Waals surface area contributed by atoms with Crippen LogP contribution in [0.25, 0.3) is 22.0 Å². The van der Waals surface area contributed by atoms with Crippen LogP contribution in [-0.2, 0) is 22.7 Å². The molecule has 0 spiro atoms. The highest BCUT2D eigenvalue weighted by Gasteiger charge is 2.28. The van der Waals surface area contributed by atoms with E-state index in [2.05, 4.69) is 20.7 Å². The second-order valence-corrected chi connectivity index (χ2v) is 14.3. The smallest absolute Gasteiger partial charge is 0.309 e. The van der Waals surface area contributed by atoms with Crippen molar-refractivity contribution in [2.75, 3.05) is 6.54 Å². The second kappa shape index (κ2) is 12.6. The number of carbonyl (C=O) groups is 2. The van der Waals surface area contributed by atoms with Gasteiger partial charge in [0.25, 0.3) is 5.91 Å². The number of carboxylic acids is 1. The molecule has 0 aliphatic heterocycles. The van der Waals surface area contributed by atoms with Crippen LogP contribution in [0.15, 0.2) is 47.4 Å². The summed E-state index contributed by atoms with van der Waals surface area (Å²) in [6.07, 6.45) is 6.45. The van der Waals surface area contributed by atoms with Crippen LogP contribution >= 0.6 is 0 Å². The first-order valence-electron chi connectivity index (χ1n) is 14.7. The average Bonchev–Trinajstić information content (AvgIpc) is 3.23. The number of hydrogen-bond donors (Lipinski definition) is 3. The molecule has 1 aromatic heterocycles. The first-order chi connectivity index (χ1) is 19.3. The van der Waals surface area contributed by atoms with Crippen molar-refractivity contribution < 1.29 is 19.2 Å². The molecule has 222 valence electrons. The molecule has 8 heteroatoms. The van der Waals surface area contributed by atoms with Crippen LogP contribution in [0, 0.1) is 18.3 Å². The van der Waals surface area contributed by atoms with E-state index >= 15 is 0 Å². The number of amides is 1. The van der Waals surface area contributed by atoms with E-state index in [-0.39, 0.29) is 18.0 Å². The maximum absolute atomic E-state index is 13.4. The van der Waals surface area contributed by atoms with Gasteiger partial charge in [-0.1, -0.05) is 37.5 Å². The molecule has 2 aromatic carbocycles. The summed E-state index contributed by atoms with van der Waals surface area (Å²) in [4.78, 5) is 25.7. The molecule has 1 saturated carbocycles. The first-order valence-corrected chi connectivity index (χ1v) is 15.9. The number of aliphatic carboxylic acids is 1. The van der Waals surface area contributed by atoms with Gasteiger partial charge in [0.15, 0.2) is 4.90 Å². The van der Waals surface area contributed by atoms with E-state index < -0.39 is 22.7 Å². The van der Waals surface area contributed by atoms with Gasteiger partial charge in [-0.2, -0.15) is 0 Å². The summed E-state index contributed by atoms with van der Waals surface area (Å²) in [5.74, 6) is -0.517. The van der Waals surface area contributed by atoms with E-state index in [1.54, 1.807) is 13.8 Å². The van der Waals surface area contributed by atoms with Gasteiger partial charge >= 0.3 is 5.97 Å². The largest absolute Gasteiger partial charge is 0.593 e. The van der Waals surface area contributed by atoms with Crippen LogP contribution in [0.4, 0.5) is 0 Å². The van der Waals surface area contributed by atoms with Crippen molar-refractivity contribution in [3.05, 3.63) is 53.7 Å². The van der Waals surface area contributed by atoms with Crippen molar-refractivity contribution >= 4 is 34.0 Å². The van der Waals surface area contributed by atoms with E-state index in [4.69, 9.17) is 0 Å². The Balaban J connectivity index is 1.75. The van der Waals surface area contributed by atoms with Crippen molar-refractivity contribution in [2.24, 2.45) is 11.3 Å². The Bertz CT molecular complexity index is 1400.